The van der Waals surface area contributed by atoms with Crippen LogP contribution in [-0.2, 0) is 46.3 Å². The number of rotatable bonds is 39. The molecule has 22 heteroatoms. The normalized spacial score (nSPS) is 20.6. The molecular formula is C50H81N3O17P2. The van der Waals surface area contributed by atoms with E-state index in [1.54, 1.807) is 48.6 Å². The SMILES string of the molecule is CC/C=C\C[C@H](O)/C=C/C=C\C=C\[C@H](O)C/C=C\C/C=C\CCC(=O)O[C@H](COC(=O)CCCCCCCCCCCCC(C)C)COP(=O)(O)OP(=O)(O)OC[C@H]1O[C@@H](n2ccc(N)nc2=O)[C@H](O)[C@@H]1O. The van der Waals surface area contributed by atoms with Gasteiger partial charge in [-0.1, -0.05) is 158 Å². The molecule has 408 valence electrons. The van der Waals surface area contributed by atoms with Crippen LogP contribution < -0.4 is 11.4 Å². The van der Waals surface area contributed by atoms with E-state index in [-0.39, 0.29) is 25.1 Å². The number of nitrogen functional groups attached to an aromatic ring is 1. The smallest absolute Gasteiger partial charge is 0.462 e. The maximum Gasteiger partial charge on any atom is 0.481 e. The van der Waals surface area contributed by atoms with E-state index < -0.39 is 95.9 Å². The first-order valence-electron chi connectivity index (χ1n) is 25.0. The number of nitrogens with zero attached hydrogens (tertiary/aromatic N) is 2. The number of carbonyl (C=O) groups is 2. The third-order valence-corrected chi connectivity index (χ3v) is 13.5. The summed E-state index contributed by atoms with van der Waals surface area (Å²) in [5.74, 6) is -0.742. The molecule has 1 aromatic heterocycles. The number of aliphatic hydroxyl groups excluding tert-OH is 4. The zero-order chi connectivity index (χ0) is 53.2. The van der Waals surface area contributed by atoms with Crippen molar-refractivity contribution in [1.82, 2.24) is 9.55 Å². The van der Waals surface area contributed by atoms with Crippen molar-refractivity contribution in [3.63, 3.8) is 0 Å². The van der Waals surface area contributed by atoms with Crippen LogP contribution in [0.15, 0.2) is 90.0 Å². The van der Waals surface area contributed by atoms with E-state index >= 15 is 0 Å². The number of carbonyl (C=O) groups excluding carboxylic acids is 2. The van der Waals surface area contributed by atoms with E-state index in [1.807, 2.05) is 31.2 Å². The number of anilines is 1. The van der Waals surface area contributed by atoms with Crippen LogP contribution in [0.5, 0.6) is 0 Å². The number of nitrogens with two attached hydrogens (primary N) is 1. The number of phosphoric ester groups is 2. The summed E-state index contributed by atoms with van der Waals surface area (Å²) in [7, 11) is -10.9. The predicted octanol–water partition coefficient (Wildman–Crippen LogP) is 7.91. The van der Waals surface area contributed by atoms with Crippen LogP contribution in [0.2, 0.25) is 0 Å². The van der Waals surface area contributed by atoms with Gasteiger partial charge in [0.15, 0.2) is 12.3 Å². The second kappa shape index (κ2) is 36.9. The largest absolute Gasteiger partial charge is 0.481 e. The van der Waals surface area contributed by atoms with Crippen LogP contribution in [0.4, 0.5) is 5.82 Å². The molecule has 2 rings (SSSR count). The van der Waals surface area contributed by atoms with Crippen molar-refractivity contribution in [3.8, 4) is 0 Å². The van der Waals surface area contributed by atoms with Gasteiger partial charge in [0.25, 0.3) is 0 Å². The van der Waals surface area contributed by atoms with Crippen LogP contribution in [-0.4, -0.2) is 108 Å². The predicted molar refractivity (Wildman–Crippen MR) is 273 cm³/mol. The molecule has 72 heavy (non-hydrogen) atoms. The van der Waals surface area contributed by atoms with Crippen LogP contribution in [0, 0.1) is 5.92 Å². The van der Waals surface area contributed by atoms with E-state index in [4.69, 9.17) is 29.0 Å². The zero-order valence-corrected chi connectivity index (χ0v) is 43.9. The number of esters is 2. The van der Waals surface area contributed by atoms with Gasteiger partial charge in [-0.2, -0.15) is 9.29 Å². The topological polar surface area (TPSA) is 306 Å². The third kappa shape index (κ3) is 30.3. The molecule has 0 amide bonds. The highest BCUT2D eigenvalue weighted by atomic mass is 31.3. The fourth-order valence-electron chi connectivity index (χ4n) is 6.99. The van der Waals surface area contributed by atoms with E-state index in [2.05, 4.69) is 23.1 Å². The Balaban J connectivity index is 1.87. The monoisotopic (exact) mass is 1060 g/mol. The van der Waals surface area contributed by atoms with Crippen molar-refractivity contribution in [3.05, 3.63) is 95.7 Å². The zero-order valence-electron chi connectivity index (χ0n) is 42.1. The number of hydrogen-bond donors (Lipinski definition) is 7. The van der Waals surface area contributed by atoms with Crippen molar-refractivity contribution in [2.24, 2.45) is 5.92 Å². The second-order valence-electron chi connectivity index (χ2n) is 17.8. The van der Waals surface area contributed by atoms with E-state index in [0.29, 0.717) is 25.7 Å². The minimum absolute atomic E-state index is 0.0864. The third-order valence-electron chi connectivity index (χ3n) is 10.9. The molecule has 20 nitrogen and oxygen atoms in total. The molecule has 1 aliphatic rings. The number of hydrogen-bond acceptors (Lipinski definition) is 17. The van der Waals surface area contributed by atoms with Crippen molar-refractivity contribution >= 4 is 33.4 Å². The summed E-state index contributed by atoms with van der Waals surface area (Å²) in [6.07, 6.45) is 27.9. The first-order chi connectivity index (χ1) is 34.3. The first-order valence-corrected chi connectivity index (χ1v) is 28.0. The van der Waals surface area contributed by atoms with Gasteiger partial charge in [-0.15, -0.1) is 0 Å². The Hall–Kier alpha value is -3.88. The summed E-state index contributed by atoms with van der Waals surface area (Å²) in [6.45, 7) is 4.05. The lowest BCUT2D eigenvalue weighted by atomic mass is 10.0. The molecule has 1 saturated heterocycles. The van der Waals surface area contributed by atoms with Crippen LogP contribution in [0.3, 0.4) is 0 Å². The van der Waals surface area contributed by atoms with E-state index in [9.17, 15) is 53.7 Å². The van der Waals surface area contributed by atoms with Crippen molar-refractivity contribution in [1.29, 1.82) is 0 Å². The van der Waals surface area contributed by atoms with Crippen LogP contribution in [0.25, 0.3) is 0 Å². The quantitative estimate of drug-likeness (QED) is 0.0108. The summed E-state index contributed by atoms with van der Waals surface area (Å²) in [5.41, 5.74) is 4.56. The number of unbranched alkanes of at least 4 members (excludes halogenated alkanes) is 9. The first kappa shape index (κ1) is 64.2. The van der Waals surface area contributed by atoms with Gasteiger partial charge >= 0.3 is 33.3 Å². The average Bonchev–Trinajstić information content (AvgIpc) is 3.59. The molecule has 8 N–H and O–H groups in total. The Morgan fingerprint density at radius 3 is 1.97 bits per heavy atom. The Kier molecular flexibility index (Phi) is 33.0. The minimum Gasteiger partial charge on any atom is -0.462 e. The molecule has 2 unspecified atom stereocenters. The Morgan fingerprint density at radius 2 is 1.36 bits per heavy atom. The average molecular weight is 1060 g/mol. The highest BCUT2D eigenvalue weighted by molar-refractivity contribution is 7.61. The molecule has 9 atom stereocenters. The lowest BCUT2D eigenvalue weighted by Crippen LogP contribution is -2.36. The summed E-state index contributed by atoms with van der Waals surface area (Å²) in [6, 6.07) is 1.23. The molecule has 2 heterocycles. The maximum absolute atomic E-state index is 12.8. The van der Waals surface area contributed by atoms with Gasteiger partial charge in [0, 0.05) is 19.0 Å². The second-order valence-corrected chi connectivity index (χ2v) is 20.9. The van der Waals surface area contributed by atoms with Gasteiger partial charge < -0.3 is 50.2 Å². The van der Waals surface area contributed by atoms with E-state index in [1.165, 1.54) is 44.6 Å². The highest BCUT2D eigenvalue weighted by Gasteiger charge is 2.46. The molecule has 1 aromatic rings. The van der Waals surface area contributed by atoms with Gasteiger partial charge in [0.1, 0.15) is 30.7 Å². The maximum atomic E-state index is 12.8. The standard InChI is InChI=1S/C50H81N3O17P2/c1-4-5-20-28-40(54)30-23-18-19-24-31-41(55)29-22-15-12-13-17-26-33-46(57)68-42(36-65-45(56)32-25-16-11-9-7-6-8-10-14-21-27-39(2)3)37-66-71(61,62)70-72(63,64)67-38-43-47(58)48(59)49(69-43)53-35-34-44(51)52-50(53)60/h5,13,15,17-20,22-24,30-31,34-35,39-43,47-49,54-55,58-59H,4,6-12,14,16,21,25-29,32-33,36-38H2,1-3H3,(H,61,62)(H,63,64)(H2,51,52,60)/b17-13-,19-18-,20-5-,22-15-,30-23+,31-24+/t40-,41+,42+,43+,47+,48+,49+/m0/s1. The van der Waals surface area contributed by atoms with Crippen molar-refractivity contribution in [2.45, 2.75) is 179 Å². The Bertz CT molecular complexity index is 2040. The number of aliphatic hydroxyl groups is 4. The fraction of sp³-hybridized carbons (Fsp3) is 0.640. The van der Waals surface area contributed by atoms with E-state index in [0.717, 1.165) is 48.8 Å². The molecule has 0 aromatic carbocycles. The number of aromatic nitrogens is 2. The summed E-state index contributed by atoms with van der Waals surface area (Å²) >= 11 is 0. The van der Waals surface area contributed by atoms with Gasteiger partial charge in [0.05, 0.1) is 25.4 Å². The molecule has 0 aliphatic carbocycles. The van der Waals surface area contributed by atoms with Crippen LogP contribution in [0.1, 0.15) is 143 Å². The summed E-state index contributed by atoms with van der Waals surface area (Å²) in [4.78, 5) is 61.8. The van der Waals surface area contributed by atoms with Crippen LogP contribution >= 0.6 is 15.6 Å². The molecule has 0 saturated carbocycles. The number of phosphoric acid groups is 2. The highest BCUT2D eigenvalue weighted by Crippen LogP contribution is 2.60. The summed E-state index contributed by atoms with van der Waals surface area (Å²) < 4.78 is 56.6. The molecular weight excluding hydrogens is 977 g/mol. The Labute approximate surface area is 424 Å². The molecule has 0 spiro atoms. The fourth-order valence-corrected chi connectivity index (χ4v) is 9.10. The lowest BCUT2D eigenvalue weighted by molar-refractivity contribution is -0.161. The molecule has 0 bridgehead atoms. The van der Waals surface area contributed by atoms with Crippen molar-refractivity contribution < 1.29 is 76.5 Å². The van der Waals surface area contributed by atoms with Gasteiger partial charge in [-0.25, -0.2) is 13.9 Å². The molecule has 1 fully saturated rings. The lowest BCUT2D eigenvalue weighted by Gasteiger charge is -2.21. The minimum atomic E-state index is -5.47. The molecule has 1 aliphatic heterocycles. The summed E-state index contributed by atoms with van der Waals surface area (Å²) in [5, 5.41) is 41.0. The van der Waals surface area contributed by atoms with Gasteiger partial charge in [-0.05, 0) is 50.5 Å². The van der Waals surface area contributed by atoms with Crippen molar-refractivity contribution in [2.75, 3.05) is 25.6 Å². The number of ether oxygens (including phenoxy) is 3. The Morgan fingerprint density at radius 1 is 0.778 bits per heavy atom. The number of allylic oxidation sites excluding steroid dienone is 8. The van der Waals surface area contributed by atoms with Gasteiger partial charge in [-0.3, -0.25) is 23.2 Å². The van der Waals surface area contributed by atoms with Gasteiger partial charge in [0.2, 0.25) is 0 Å². The molecule has 0 radical (unpaired) electrons.